The number of halogens is 15. The quantitative estimate of drug-likeness (QED) is 0.192. The molecule has 3 rings (SSSR count). The van der Waals surface area contributed by atoms with Crippen molar-refractivity contribution in [2.75, 3.05) is 0 Å². The number of ketones is 1. The molecule has 2 aliphatic rings. The van der Waals surface area contributed by atoms with E-state index in [9.17, 15) is 70.7 Å². The molecule has 2 saturated carbocycles. The molecule has 0 saturated heterocycles. The molecule has 1 aromatic rings. The Bertz CT molecular complexity index is 1120. The van der Waals surface area contributed by atoms with Gasteiger partial charge in [0.2, 0.25) is 5.78 Å². The lowest BCUT2D eigenvalue weighted by molar-refractivity contribution is -0.449. The van der Waals surface area contributed by atoms with Gasteiger partial charge in [-0.15, -0.1) is 0 Å². The van der Waals surface area contributed by atoms with Gasteiger partial charge in [0.25, 0.3) is 0 Å². The normalized spacial score (nSPS) is 25.5. The third kappa shape index (κ3) is 5.72. The number of alkyl halides is 15. The van der Waals surface area contributed by atoms with Crippen LogP contribution in [0.25, 0.3) is 0 Å². The zero-order chi connectivity index (χ0) is 33.0. The maximum absolute atomic E-state index is 14.4. The molecular weight excluding hydrogens is 625 g/mol. The molecule has 0 unspecified atom stereocenters. The third-order valence-electron chi connectivity index (χ3n) is 8.76. The molecule has 0 spiro atoms. The van der Waals surface area contributed by atoms with E-state index in [1.165, 1.54) is 0 Å². The van der Waals surface area contributed by atoms with Crippen LogP contribution in [0, 0.1) is 17.8 Å². The Kier molecular flexibility index (Phi) is 9.30. The van der Waals surface area contributed by atoms with Gasteiger partial charge in [0.15, 0.2) is 0 Å². The Morgan fingerprint density at radius 1 is 0.535 bits per heavy atom. The summed E-state index contributed by atoms with van der Waals surface area (Å²) in [6.45, 7) is 2.18. The van der Waals surface area contributed by atoms with Crippen molar-refractivity contribution >= 4 is 5.78 Å². The number of rotatable bonds is 9. The van der Waals surface area contributed by atoms with Crippen LogP contribution in [-0.4, -0.2) is 47.5 Å². The lowest BCUT2D eigenvalue weighted by Gasteiger charge is -2.41. The summed E-state index contributed by atoms with van der Waals surface area (Å²) in [5.41, 5.74) is -1.00. The minimum atomic E-state index is -8.43. The zero-order valence-corrected chi connectivity index (χ0v) is 22.4. The van der Waals surface area contributed by atoms with E-state index in [4.69, 9.17) is 0 Å². The SMILES string of the molecule is C[C@H]1CC[C@H](C2CCC(c3ccc(C(=O)C(F)(F)C(F)(F)C(F)(F)C(F)(F)C(F)(F)C(F)(F)C(F)(F)F)cc3)CC2)CC1. The monoisotopic (exact) mass is 652 g/mol. The fourth-order valence-corrected chi connectivity index (χ4v) is 5.88. The summed E-state index contributed by atoms with van der Waals surface area (Å²) in [4.78, 5) is 12.1. The van der Waals surface area contributed by atoms with Gasteiger partial charge in [0.1, 0.15) is 0 Å². The summed E-state index contributed by atoms with van der Waals surface area (Å²) in [7, 11) is 0. The highest BCUT2D eigenvalue weighted by Crippen LogP contribution is 2.62. The topological polar surface area (TPSA) is 17.1 Å². The summed E-state index contributed by atoms with van der Waals surface area (Å²) in [6.07, 6.45) is -0.289. The first-order chi connectivity index (χ1) is 19.3. The molecule has 1 aromatic carbocycles. The molecule has 0 aliphatic heterocycles. The first-order valence-electron chi connectivity index (χ1n) is 13.3. The van der Waals surface area contributed by atoms with Gasteiger partial charge in [-0.3, -0.25) is 4.79 Å². The molecule has 0 heterocycles. The van der Waals surface area contributed by atoms with Crippen LogP contribution in [0.4, 0.5) is 65.9 Å². The Morgan fingerprint density at radius 2 is 0.907 bits per heavy atom. The molecule has 0 amide bonds. The van der Waals surface area contributed by atoms with Gasteiger partial charge in [-0.1, -0.05) is 44.0 Å². The van der Waals surface area contributed by atoms with E-state index in [2.05, 4.69) is 6.92 Å². The minimum absolute atomic E-state index is 0.148. The molecule has 0 aromatic heterocycles. The number of benzene rings is 1. The second-order valence-electron chi connectivity index (χ2n) is 11.5. The summed E-state index contributed by atoms with van der Waals surface area (Å²) in [5, 5.41) is 0. The first kappa shape index (κ1) is 35.3. The van der Waals surface area contributed by atoms with Crippen molar-refractivity contribution in [3.05, 3.63) is 35.4 Å². The van der Waals surface area contributed by atoms with Gasteiger partial charge >= 0.3 is 41.7 Å². The second-order valence-corrected chi connectivity index (χ2v) is 11.5. The van der Waals surface area contributed by atoms with Gasteiger partial charge in [0, 0.05) is 5.56 Å². The Balaban J connectivity index is 1.78. The van der Waals surface area contributed by atoms with Gasteiger partial charge in [-0.25, -0.2) is 0 Å². The van der Waals surface area contributed by atoms with Crippen molar-refractivity contribution in [3.63, 3.8) is 0 Å². The molecule has 0 radical (unpaired) electrons. The van der Waals surface area contributed by atoms with E-state index in [0.717, 1.165) is 50.7 Å². The fourth-order valence-electron chi connectivity index (χ4n) is 5.88. The molecule has 0 atom stereocenters. The van der Waals surface area contributed by atoms with E-state index in [0.29, 0.717) is 48.3 Å². The van der Waals surface area contributed by atoms with E-state index >= 15 is 0 Å². The Morgan fingerprint density at radius 3 is 1.33 bits per heavy atom. The lowest BCUT2D eigenvalue weighted by atomic mass is 9.68. The number of carbonyl (C=O) groups excluding carboxylic acids is 1. The van der Waals surface area contributed by atoms with Gasteiger partial charge < -0.3 is 0 Å². The molecule has 0 N–H and O–H groups in total. The average molecular weight is 652 g/mol. The second kappa shape index (κ2) is 11.3. The molecule has 246 valence electrons. The van der Waals surface area contributed by atoms with Crippen molar-refractivity contribution in [2.45, 2.75) is 106 Å². The largest absolute Gasteiger partial charge is 0.460 e. The third-order valence-corrected chi connectivity index (χ3v) is 8.76. The van der Waals surface area contributed by atoms with Crippen molar-refractivity contribution in [3.8, 4) is 0 Å². The van der Waals surface area contributed by atoms with Crippen LogP contribution in [-0.2, 0) is 0 Å². The van der Waals surface area contributed by atoms with Crippen LogP contribution in [0.2, 0.25) is 0 Å². The van der Waals surface area contributed by atoms with Gasteiger partial charge in [-0.05, 0) is 67.8 Å². The number of hydrogen-bond acceptors (Lipinski definition) is 1. The van der Waals surface area contributed by atoms with E-state index in [-0.39, 0.29) is 5.92 Å². The maximum Gasteiger partial charge on any atom is 0.460 e. The van der Waals surface area contributed by atoms with Crippen LogP contribution in [0.15, 0.2) is 24.3 Å². The smallest absolute Gasteiger partial charge is 0.287 e. The number of Topliss-reactive ketones (excluding diaryl/α,β-unsaturated/α-hetero) is 1. The van der Waals surface area contributed by atoms with E-state index < -0.39 is 53.1 Å². The summed E-state index contributed by atoms with van der Waals surface area (Å²) in [6, 6.07) is 3.02. The lowest BCUT2D eigenvalue weighted by Crippen LogP contribution is -2.73. The van der Waals surface area contributed by atoms with Crippen LogP contribution < -0.4 is 0 Å². The highest BCUT2D eigenvalue weighted by atomic mass is 19.4. The number of carbonyl (C=O) groups is 1. The van der Waals surface area contributed by atoms with Crippen LogP contribution in [0.5, 0.6) is 0 Å². The molecule has 1 nitrogen and oxygen atoms in total. The molecule has 0 bridgehead atoms. The minimum Gasteiger partial charge on any atom is -0.287 e. The molecule has 2 aliphatic carbocycles. The summed E-state index contributed by atoms with van der Waals surface area (Å²) in [5.74, 6) is -49.7. The predicted octanol–water partition coefficient (Wildman–Crippen LogP) is 10.3. The van der Waals surface area contributed by atoms with Gasteiger partial charge in [0.05, 0.1) is 0 Å². The van der Waals surface area contributed by atoms with Crippen molar-refractivity contribution < 1.29 is 70.7 Å². The maximum atomic E-state index is 14.4. The number of hydrogen-bond donors (Lipinski definition) is 0. The first-order valence-corrected chi connectivity index (χ1v) is 13.3. The Hall–Kier alpha value is -2.16. The van der Waals surface area contributed by atoms with Crippen molar-refractivity contribution in [1.29, 1.82) is 0 Å². The van der Waals surface area contributed by atoms with Crippen LogP contribution in [0.3, 0.4) is 0 Å². The standard InChI is InChI=1S/C27H27F15O/c1-14-2-4-15(5-3-14)16-6-8-17(9-7-16)18-10-12-19(13-11-18)20(43)21(28,29)22(30,31)23(32,33)24(34,35)25(36,37)26(38,39)27(40,41)42/h10-17H,2-9H2,1H3/t14-,15-,16?,17?. The highest BCUT2D eigenvalue weighted by Gasteiger charge is 2.94. The van der Waals surface area contributed by atoms with Crippen LogP contribution in [0.1, 0.15) is 80.1 Å². The molecule has 2 fully saturated rings. The highest BCUT2D eigenvalue weighted by molar-refractivity contribution is 6.02. The van der Waals surface area contributed by atoms with E-state index in [1.807, 2.05) is 0 Å². The Labute approximate surface area is 236 Å². The summed E-state index contributed by atoms with van der Waals surface area (Å²) >= 11 is 0. The average Bonchev–Trinajstić information content (AvgIpc) is 2.92. The zero-order valence-electron chi connectivity index (χ0n) is 22.4. The van der Waals surface area contributed by atoms with Crippen LogP contribution >= 0.6 is 0 Å². The predicted molar refractivity (Wildman–Crippen MR) is 122 cm³/mol. The van der Waals surface area contributed by atoms with E-state index in [1.54, 1.807) is 0 Å². The van der Waals surface area contributed by atoms with Gasteiger partial charge in [-0.2, -0.15) is 65.9 Å². The molecule has 16 heteroatoms. The van der Waals surface area contributed by atoms with Crippen molar-refractivity contribution in [2.24, 2.45) is 17.8 Å². The fraction of sp³-hybridized carbons (Fsp3) is 0.741. The summed E-state index contributed by atoms with van der Waals surface area (Å²) < 4.78 is 202. The molecular formula is C27H27F15O. The molecule has 43 heavy (non-hydrogen) atoms. The van der Waals surface area contributed by atoms with Crippen molar-refractivity contribution in [1.82, 2.24) is 0 Å².